The Bertz CT molecular complexity index is 207. The quantitative estimate of drug-likeness (QED) is 0.605. The number of hydrogen-bond donors (Lipinski definition) is 1. The highest BCUT2D eigenvalue weighted by Crippen LogP contribution is 2.38. The molecule has 1 fully saturated rings. The molecule has 2 heteroatoms. The highest BCUT2D eigenvalue weighted by atomic mass is 32.1. The summed E-state index contributed by atoms with van der Waals surface area (Å²) in [7, 11) is 2.31. The van der Waals surface area contributed by atoms with Crippen molar-refractivity contribution >= 4 is 12.6 Å². The van der Waals surface area contributed by atoms with E-state index in [1.807, 2.05) is 0 Å². The molecule has 1 atom stereocenters. The van der Waals surface area contributed by atoms with E-state index in [2.05, 4.69) is 45.3 Å². The lowest BCUT2D eigenvalue weighted by Gasteiger charge is -2.38. The van der Waals surface area contributed by atoms with Gasteiger partial charge < -0.3 is 4.90 Å². The molecule has 0 aromatic heterocycles. The fourth-order valence-electron chi connectivity index (χ4n) is 3.16. The summed E-state index contributed by atoms with van der Waals surface area (Å²) in [5.41, 5.74) is 0.449. The van der Waals surface area contributed by atoms with E-state index in [0.29, 0.717) is 5.41 Å². The Balaban J connectivity index is 2.55. The van der Waals surface area contributed by atoms with Gasteiger partial charge in [0.2, 0.25) is 0 Å². The van der Waals surface area contributed by atoms with E-state index >= 15 is 0 Å². The first kappa shape index (κ1) is 15.4. The van der Waals surface area contributed by atoms with Crippen LogP contribution in [0.15, 0.2) is 0 Å². The Morgan fingerprint density at radius 1 is 1.24 bits per heavy atom. The van der Waals surface area contributed by atoms with Crippen molar-refractivity contribution in [3.63, 3.8) is 0 Å². The highest BCUT2D eigenvalue weighted by Gasteiger charge is 2.34. The largest absolute Gasteiger partial charge is 0.303 e. The van der Waals surface area contributed by atoms with Crippen molar-refractivity contribution in [1.29, 1.82) is 0 Å². The standard InChI is InChI=1S/C15H31NS/c1-5-9-15(12-17,10-6-2)11-16(4)13(3)14-7-8-14/h13-14,17H,5-12H2,1-4H3. The van der Waals surface area contributed by atoms with E-state index in [-0.39, 0.29) is 0 Å². The van der Waals surface area contributed by atoms with Crippen molar-refractivity contribution in [1.82, 2.24) is 4.90 Å². The van der Waals surface area contributed by atoms with Gasteiger partial charge in [0.1, 0.15) is 0 Å². The van der Waals surface area contributed by atoms with Crippen LogP contribution in [0.1, 0.15) is 59.3 Å². The van der Waals surface area contributed by atoms with Gasteiger partial charge in [0.25, 0.3) is 0 Å². The van der Waals surface area contributed by atoms with Crippen LogP contribution in [-0.4, -0.2) is 30.3 Å². The highest BCUT2D eigenvalue weighted by molar-refractivity contribution is 7.80. The van der Waals surface area contributed by atoms with Crippen LogP contribution in [0.5, 0.6) is 0 Å². The summed E-state index contributed by atoms with van der Waals surface area (Å²) in [6.45, 7) is 8.24. The molecule has 0 amide bonds. The van der Waals surface area contributed by atoms with Gasteiger partial charge in [-0.25, -0.2) is 0 Å². The van der Waals surface area contributed by atoms with Gasteiger partial charge >= 0.3 is 0 Å². The van der Waals surface area contributed by atoms with Crippen LogP contribution in [0.4, 0.5) is 0 Å². The average molecular weight is 257 g/mol. The zero-order valence-corrected chi connectivity index (χ0v) is 13.1. The number of rotatable bonds is 9. The third-order valence-corrected chi connectivity index (χ3v) is 5.15. The molecule has 0 aliphatic heterocycles. The van der Waals surface area contributed by atoms with Gasteiger partial charge in [-0.15, -0.1) is 0 Å². The molecule has 0 heterocycles. The van der Waals surface area contributed by atoms with Crippen molar-refractivity contribution in [2.45, 2.75) is 65.3 Å². The second-order valence-corrected chi connectivity index (χ2v) is 6.47. The third kappa shape index (κ3) is 4.48. The lowest BCUT2D eigenvalue weighted by atomic mass is 9.80. The van der Waals surface area contributed by atoms with E-state index in [1.165, 1.54) is 45.1 Å². The topological polar surface area (TPSA) is 3.24 Å². The van der Waals surface area contributed by atoms with E-state index < -0.39 is 0 Å². The second kappa shape index (κ2) is 7.04. The molecule has 0 N–H and O–H groups in total. The molecule has 1 aliphatic rings. The van der Waals surface area contributed by atoms with Crippen LogP contribution in [0.2, 0.25) is 0 Å². The van der Waals surface area contributed by atoms with Gasteiger partial charge in [-0.2, -0.15) is 12.6 Å². The smallest absolute Gasteiger partial charge is 0.00923 e. The molecule has 1 rings (SSSR count). The van der Waals surface area contributed by atoms with Gasteiger partial charge in [-0.05, 0) is 56.7 Å². The van der Waals surface area contributed by atoms with Crippen LogP contribution < -0.4 is 0 Å². The lowest BCUT2D eigenvalue weighted by molar-refractivity contribution is 0.129. The fourth-order valence-corrected chi connectivity index (χ4v) is 3.58. The Labute approximate surface area is 114 Å². The Hall–Kier alpha value is 0.310. The minimum atomic E-state index is 0.449. The van der Waals surface area contributed by atoms with Crippen molar-refractivity contribution in [2.24, 2.45) is 11.3 Å². The first-order chi connectivity index (χ1) is 8.08. The van der Waals surface area contributed by atoms with E-state index in [0.717, 1.165) is 17.7 Å². The first-order valence-corrected chi connectivity index (χ1v) is 8.03. The fraction of sp³-hybridized carbons (Fsp3) is 1.00. The van der Waals surface area contributed by atoms with Crippen LogP contribution in [0.25, 0.3) is 0 Å². The zero-order valence-electron chi connectivity index (χ0n) is 12.2. The molecule has 1 nitrogen and oxygen atoms in total. The predicted molar refractivity (Wildman–Crippen MR) is 80.9 cm³/mol. The molecular formula is C15H31NS. The molecular weight excluding hydrogens is 226 g/mol. The lowest BCUT2D eigenvalue weighted by Crippen LogP contribution is -2.42. The maximum absolute atomic E-state index is 4.65. The van der Waals surface area contributed by atoms with Gasteiger partial charge in [0.05, 0.1) is 0 Å². The summed E-state index contributed by atoms with van der Waals surface area (Å²) in [6.07, 6.45) is 8.11. The molecule has 0 aromatic rings. The monoisotopic (exact) mass is 257 g/mol. The average Bonchev–Trinajstić information content (AvgIpc) is 3.12. The normalized spacial score (nSPS) is 18.7. The van der Waals surface area contributed by atoms with Gasteiger partial charge in [-0.1, -0.05) is 26.7 Å². The predicted octanol–water partition coefficient (Wildman–Crippen LogP) is 4.23. The molecule has 0 aromatic carbocycles. The van der Waals surface area contributed by atoms with E-state index in [4.69, 9.17) is 0 Å². The molecule has 0 spiro atoms. The Kier molecular flexibility index (Phi) is 6.36. The van der Waals surface area contributed by atoms with Gasteiger partial charge in [0, 0.05) is 12.6 Å². The maximum Gasteiger partial charge on any atom is 0.00923 e. The van der Waals surface area contributed by atoms with Crippen molar-refractivity contribution in [2.75, 3.05) is 19.3 Å². The van der Waals surface area contributed by atoms with Crippen molar-refractivity contribution in [3.05, 3.63) is 0 Å². The molecule has 0 bridgehead atoms. The number of nitrogens with zero attached hydrogens (tertiary/aromatic N) is 1. The van der Waals surface area contributed by atoms with Crippen LogP contribution in [0, 0.1) is 11.3 Å². The zero-order chi connectivity index (χ0) is 12.9. The maximum atomic E-state index is 4.65. The summed E-state index contributed by atoms with van der Waals surface area (Å²) in [5, 5.41) is 0. The molecule has 0 saturated heterocycles. The molecule has 17 heavy (non-hydrogen) atoms. The molecule has 102 valence electrons. The third-order valence-electron chi connectivity index (χ3n) is 4.48. The van der Waals surface area contributed by atoms with Gasteiger partial charge in [0.15, 0.2) is 0 Å². The summed E-state index contributed by atoms with van der Waals surface area (Å²) < 4.78 is 0. The molecule has 1 unspecified atom stereocenters. The minimum absolute atomic E-state index is 0.449. The summed E-state index contributed by atoms with van der Waals surface area (Å²) in [6, 6.07) is 0.767. The summed E-state index contributed by atoms with van der Waals surface area (Å²) in [4.78, 5) is 2.60. The van der Waals surface area contributed by atoms with E-state index in [1.54, 1.807) is 0 Å². The molecule has 0 radical (unpaired) electrons. The van der Waals surface area contributed by atoms with E-state index in [9.17, 15) is 0 Å². The molecule has 1 aliphatic carbocycles. The van der Waals surface area contributed by atoms with Crippen molar-refractivity contribution < 1.29 is 0 Å². The SMILES string of the molecule is CCCC(CS)(CCC)CN(C)C(C)C1CC1. The van der Waals surface area contributed by atoms with Crippen LogP contribution in [-0.2, 0) is 0 Å². The molecule has 1 saturated carbocycles. The Morgan fingerprint density at radius 3 is 2.12 bits per heavy atom. The second-order valence-electron chi connectivity index (χ2n) is 6.15. The van der Waals surface area contributed by atoms with Crippen molar-refractivity contribution in [3.8, 4) is 0 Å². The number of thiol groups is 1. The number of hydrogen-bond acceptors (Lipinski definition) is 2. The summed E-state index contributed by atoms with van der Waals surface area (Å²) >= 11 is 4.65. The van der Waals surface area contributed by atoms with Crippen LogP contribution >= 0.6 is 12.6 Å². The van der Waals surface area contributed by atoms with Crippen LogP contribution in [0.3, 0.4) is 0 Å². The summed E-state index contributed by atoms with van der Waals surface area (Å²) in [5.74, 6) is 2.01. The first-order valence-electron chi connectivity index (χ1n) is 7.39. The van der Waals surface area contributed by atoms with Gasteiger partial charge in [-0.3, -0.25) is 0 Å². The minimum Gasteiger partial charge on any atom is -0.303 e. The Morgan fingerprint density at radius 2 is 1.76 bits per heavy atom.